The number of hydrogen-bond donors (Lipinski definition) is 2. The zero-order chi connectivity index (χ0) is 16.9. The molecule has 2 N–H and O–H groups in total. The Morgan fingerprint density at radius 1 is 1.20 bits per heavy atom. The lowest BCUT2D eigenvalue weighted by Crippen LogP contribution is -2.50. The van der Waals surface area contributed by atoms with Gasteiger partial charge in [0.1, 0.15) is 0 Å². The Balaban J connectivity index is 0.00000225. The van der Waals surface area contributed by atoms with E-state index in [4.69, 9.17) is 9.47 Å². The summed E-state index contributed by atoms with van der Waals surface area (Å²) in [6.45, 7) is 4.03. The highest BCUT2D eigenvalue weighted by Gasteiger charge is 2.24. The average Bonchev–Trinajstić information content (AvgIpc) is 3.10. The van der Waals surface area contributed by atoms with E-state index in [0.717, 1.165) is 38.1 Å². The van der Waals surface area contributed by atoms with Crippen molar-refractivity contribution in [2.24, 2.45) is 5.92 Å². The van der Waals surface area contributed by atoms with E-state index in [1.54, 1.807) is 13.2 Å². The van der Waals surface area contributed by atoms with Crippen LogP contribution in [0.25, 0.3) is 0 Å². The van der Waals surface area contributed by atoms with Crippen molar-refractivity contribution in [3.05, 3.63) is 23.8 Å². The standard InChI is InChI=1S/C19H28N2O3.ClH/c1-13-9-10-20-12-16(13)21-19(22)14-7-8-17(18(11-14)23-2)24-15-5-3-4-6-15;/h7-8,11,13,15-16,20H,3-6,9-10,12H2,1-2H3,(H,21,22);1H. The van der Waals surface area contributed by atoms with Gasteiger partial charge in [-0.3, -0.25) is 4.79 Å². The lowest BCUT2D eigenvalue weighted by Gasteiger charge is -2.30. The number of nitrogens with one attached hydrogen (secondary N) is 2. The minimum atomic E-state index is -0.0544. The molecule has 140 valence electrons. The van der Waals surface area contributed by atoms with Crippen LogP contribution in [-0.2, 0) is 0 Å². The first-order valence-corrected chi connectivity index (χ1v) is 9.03. The molecule has 1 heterocycles. The first-order valence-electron chi connectivity index (χ1n) is 9.03. The Bertz CT molecular complexity index is 576. The molecule has 3 rings (SSSR count). The number of halogens is 1. The SMILES string of the molecule is COc1cc(C(=O)NC2CNCCC2C)ccc1OC1CCCC1.Cl. The normalized spacial score (nSPS) is 23.6. The van der Waals surface area contributed by atoms with Crippen molar-refractivity contribution in [1.82, 2.24) is 10.6 Å². The molecule has 0 bridgehead atoms. The molecule has 25 heavy (non-hydrogen) atoms. The molecule has 1 saturated heterocycles. The van der Waals surface area contributed by atoms with Gasteiger partial charge in [0.15, 0.2) is 11.5 Å². The van der Waals surface area contributed by atoms with E-state index in [-0.39, 0.29) is 30.5 Å². The number of piperidine rings is 1. The van der Waals surface area contributed by atoms with Crippen LogP contribution in [0.1, 0.15) is 49.4 Å². The molecule has 1 aliphatic carbocycles. The van der Waals surface area contributed by atoms with Crippen molar-refractivity contribution < 1.29 is 14.3 Å². The third-order valence-corrected chi connectivity index (χ3v) is 5.17. The maximum Gasteiger partial charge on any atom is 0.251 e. The number of rotatable bonds is 5. The van der Waals surface area contributed by atoms with Gasteiger partial charge in [-0.05, 0) is 62.8 Å². The highest BCUT2D eigenvalue weighted by molar-refractivity contribution is 5.95. The summed E-state index contributed by atoms with van der Waals surface area (Å²) in [7, 11) is 1.62. The number of ether oxygens (including phenoxy) is 2. The van der Waals surface area contributed by atoms with Crippen LogP contribution < -0.4 is 20.1 Å². The van der Waals surface area contributed by atoms with Crippen LogP contribution in [0.15, 0.2) is 18.2 Å². The van der Waals surface area contributed by atoms with Gasteiger partial charge in [-0.25, -0.2) is 0 Å². The zero-order valence-electron chi connectivity index (χ0n) is 15.0. The van der Waals surface area contributed by atoms with Gasteiger partial charge in [-0.1, -0.05) is 6.92 Å². The van der Waals surface area contributed by atoms with Crippen LogP contribution in [0.4, 0.5) is 0 Å². The van der Waals surface area contributed by atoms with E-state index in [0.29, 0.717) is 17.2 Å². The summed E-state index contributed by atoms with van der Waals surface area (Å²) in [6.07, 6.45) is 5.99. The number of benzene rings is 1. The Hall–Kier alpha value is -1.46. The molecule has 1 aromatic rings. The van der Waals surface area contributed by atoms with Crippen LogP contribution in [0.3, 0.4) is 0 Å². The molecule has 2 aliphatic rings. The largest absolute Gasteiger partial charge is 0.493 e. The zero-order valence-corrected chi connectivity index (χ0v) is 15.9. The Morgan fingerprint density at radius 2 is 1.96 bits per heavy atom. The maximum atomic E-state index is 12.5. The van der Waals surface area contributed by atoms with Gasteiger partial charge in [-0.2, -0.15) is 0 Å². The second-order valence-corrected chi connectivity index (χ2v) is 6.94. The maximum absolute atomic E-state index is 12.5. The van der Waals surface area contributed by atoms with Gasteiger partial charge in [0.05, 0.1) is 13.2 Å². The topological polar surface area (TPSA) is 59.6 Å². The minimum absolute atomic E-state index is 0. The Morgan fingerprint density at radius 3 is 2.64 bits per heavy atom. The molecule has 1 aromatic carbocycles. The van der Waals surface area contributed by atoms with Crippen molar-refractivity contribution in [3.63, 3.8) is 0 Å². The molecule has 2 atom stereocenters. The van der Waals surface area contributed by atoms with Gasteiger partial charge in [-0.15, -0.1) is 12.4 Å². The summed E-state index contributed by atoms with van der Waals surface area (Å²) in [4.78, 5) is 12.5. The fraction of sp³-hybridized carbons (Fsp3) is 0.632. The van der Waals surface area contributed by atoms with E-state index in [1.807, 2.05) is 12.1 Å². The molecule has 2 unspecified atom stereocenters. The predicted molar refractivity (Wildman–Crippen MR) is 101 cm³/mol. The molecule has 1 aliphatic heterocycles. The summed E-state index contributed by atoms with van der Waals surface area (Å²) >= 11 is 0. The summed E-state index contributed by atoms with van der Waals surface area (Å²) < 4.78 is 11.5. The average molecular weight is 369 g/mol. The van der Waals surface area contributed by atoms with Gasteiger partial charge in [0.25, 0.3) is 5.91 Å². The lowest BCUT2D eigenvalue weighted by atomic mass is 9.94. The molecular formula is C19H29ClN2O3. The van der Waals surface area contributed by atoms with E-state index < -0.39 is 0 Å². The van der Waals surface area contributed by atoms with Gasteiger partial charge >= 0.3 is 0 Å². The molecule has 0 aromatic heterocycles. The van der Waals surface area contributed by atoms with Crippen LogP contribution in [0, 0.1) is 5.92 Å². The molecule has 0 spiro atoms. The van der Waals surface area contributed by atoms with E-state index >= 15 is 0 Å². The Labute approximate surface area is 156 Å². The second kappa shape index (κ2) is 9.30. The van der Waals surface area contributed by atoms with Crippen LogP contribution in [0.2, 0.25) is 0 Å². The molecule has 1 amide bonds. The van der Waals surface area contributed by atoms with E-state index in [1.165, 1.54) is 12.8 Å². The molecular weight excluding hydrogens is 340 g/mol. The molecule has 5 nitrogen and oxygen atoms in total. The molecule has 2 fully saturated rings. The fourth-order valence-corrected chi connectivity index (χ4v) is 3.53. The highest BCUT2D eigenvalue weighted by Crippen LogP contribution is 2.32. The number of carbonyl (C=O) groups excluding carboxylic acids is 1. The number of hydrogen-bond acceptors (Lipinski definition) is 4. The van der Waals surface area contributed by atoms with Crippen molar-refractivity contribution in [3.8, 4) is 11.5 Å². The van der Waals surface area contributed by atoms with Crippen LogP contribution >= 0.6 is 12.4 Å². The van der Waals surface area contributed by atoms with Crippen molar-refractivity contribution in [2.45, 2.75) is 51.2 Å². The van der Waals surface area contributed by atoms with E-state index in [2.05, 4.69) is 17.6 Å². The number of carbonyl (C=O) groups is 1. The summed E-state index contributed by atoms with van der Waals surface area (Å²) in [5, 5.41) is 6.47. The minimum Gasteiger partial charge on any atom is -0.493 e. The third-order valence-electron chi connectivity index (χ3n) is 5.17. The monoisotopic (exact) mass is 368 g/mol. The van der Waals surface area contributed by atoms with Gasteiger partial charge in [0, 0.05) is 18.2 Å². The van der Waals surface area contributed by atoms with Crippen LogP contribution in [0.5, 0.6) is 11.5 Å². The quantitative estimate of drug-likeness (QED) is 0.838. The van der Waals surface area contributed by atoms with Crippen LogP contribution in [-0.4, -0.2) is 38.3 Å². The van der Waals surface area contributed by atoms with Crippen molar-refractivity contribution in [2.75, 3.05) is 20.2 Å². The summed E-state index contributed by atoms with van der Waals surface area (Å²) in [5.41, 5.74) is 0.614. The van der Waals surface area contributed by atoms with Crippen molar-refractivity contribution in [1.29, 1.82) is 0 Å². The van der Waals surface area contributed by atoms with Gasteiger partial charge in [0.2, 0.25) is 0 Å². The van der Waals surface area contributed by atoms with Gasteiger partial charge < -0.3 is 20.1 Å². The fourth-order valence-electron chi connectivity index (χ4n) is 3.53. The first kappa shape index (κ1) is 19.9. The number of amides is 1. The first-order chi connectivity index (χ1) is 11.7. The summed E-state index contributed by atoms with van der Waals surface area (Å²) in [6, 6.07) is 5.63. The molecule has 6 heteroatoms. The predicted octanol–water partition coefficient (Wildman–Crippen LogP) is 3.17. The second-order valence-electron chi connectivity index (χ2n) is 6.94. The third kappa shape index (κ3) is 5.02. The highest BCUT2D eigenvalue weighted by atomic mass is 35.5. The molecule has 1 saturated carbocycles. The number of methoxy groups -OCH3 is 1. The smallest absolute Gasteiger partial charge is 0.251 e. The van der Waals surface area contributed by atoms with E-state index in [9.17, 15) is 4.79 Å². The lowest BCUT2D eigenvalue weighted by molar-refractivity contribution is 0.0914. The van der Waals surface area contributed by atoms with Crippen molar-refractivity contribution >= 4 is 18.3 Å². The summed E-state index contributed by atoms with van der Waals surface area (Å²) in [5.74, 6) is 1.79. The Kier molecular flexibility index (Phi) is 7.38. The molecule has 0 radical (unpaired) electrons.